The second kappa shape index (κ2) is 11.9. The Labute approximate surface area is 139 Å². The van der Waals surface area contributed by atoms with E-state index in [9.17, 15) is 9.59 Å². The van der Waals surface area contributed by atoms with Crippen LogP contribution in [0.4, 0.5) is 0 Å². The molecule has 1 aromatic carbocycles. The summed E-state index contributed by atoms with van der Waals surface area (Å²) in [7, 11) is 0. The molecule has 0 saturated carbocycles. The molecule has 0 saturated heterocycles. The van der Waals surface area contributed by atoms with Crippen molar-refractivity contribution < 1.29 is 23.8 Å². The lowest BCUT2D eigenvalue weighted by molar-refractivity contribution is -0.112. The van der Waals surface area contributed by atoms with Crippen molar-refractivity contribution in [1.29, 1.82) is 0 Å². The van der Waals surface area contributed by atoms with Gasteiger partial charge in [0.05, 0.1) is 13.2 Å². The summed E-state index contributed by atoms with van der Waals surface area (Å²) in [4.78, 5) is 24.6. The number of benzene rings is 1. The van der Waals surface area contributed by atoms with Crippen LogP contribution in [-0.4, -0.2) is 51.4 Å². The number of amides is 1. The summed E-state index contributed by atoms with van der Waals surface area (Å²) in [6, 6.07) is 6.63. The number of carbonyl (C=O) groups is 2. The van der Waals surface area contributed by atoms with Gasteiger partial charge < -0.3 is 24.3 Å². The summed E-state index contributed by atoms with van der Waals surface area (Å²) in [5.41, 5.74) is 9.01. The Balaban J connectivity index is 2.51. The number of aldehydes is 1. The Morgan fingerprint density at radius 2 is 2.29 bits per heavy atom. The summed E-state index contributed by atoms with van der Waals surface area (Å²) >= 11 is 0. The molecule has 9 heteroatoms. The molecular weight excluding hydrogens is 316 g/mol. The number of carbonyl (C=O) groups excluding carboxylic acids is 2. The van der Waals surface area contributed by atoms with Crippen LogP contribution in [0.15, 0.2) is 29.4 Å². The Bertz CT molecular complexity index is 575. The van der Waals surface area contributed by atoms with Crippen molar-refractivity contribution in [2.24, 2.45) is 5.11 Å². The summed E-state index contributed by atoms with van der Waals surface area (Å²) in [6.07, 6.45) is -0.210. The molecule has 9 nitrogen and oxygen atoms in total. The molecule has 1 aromatic rings. The largest absolute Gasteiger partial charge is 0.491 e. The molecule has 0 heterocycles. The first kappa shape index (κ1) is 19.4. The molecule has 1 amide bonds. The third-order valence-corrected chi connectivity index (χ3v) is 2.73. The number of nitrogens with zero attached hydrogens (tertiary/aromatic N) is 3. The molecule has 24 heavy (non-hydrogen) atoms. The quantitative estimate of drug-likeness (QED) is 0.204. The van der Waals surface area contributed by atoms with Crippen LogP contribution in [0.1, 0.15) is 17.3 Å². The molecule has 0 aliphatic rings. The fourth-order valence-electron chi connectivity index (χ4n) is 1.70. The van der Waals surface area contributed by atoms with Crippen molar-refractivity contribution in [2.45, 2.75) is 13.2 Å². The summed E-state index contributed by atoms with van der Waals surface area (Å²) in [5, 5.41) is 6.17. The van der Waals surface area contributed by atoms with E-state index in [0.717, 1.165) is 0 Å². The van der Waals surface area contributed by atoms with Crippen molar-refractivity contribution in [3.8, 4) is 5.75 Å². The van der Waals surface area contributed by atoms with Gasteiger partial charge in [-0.15, -0.1) is 0 Å². The van der Waals surface area contributed by atoms with Gasteiger partial charge in [-0.1, -0.05) is 11.2 Å². The van der Waals surface area contributed by atoms with E-state index >= 15 is 0 Å². The van der Waals surface area contributed by atoms with Crippen LogP contribution < -0.4 is 10.1 Å². The molecular formula is C15H20N4O5. The van der Waals surface area contributed by atoms with Crippen LogP contribution in [-0.2, 0) is 14.3 Å². The first-order chi connectivity index (χ1) is 11.7. The van der Waals surface area contributed by atoms with E-state index in [2.05, 4.69) is 15.3 Å². The summed E-state index contributed by atoms with van der Waals surface area (Å²) < 4.78 is 15.7. The molecule has 1 rings (SSSR count). The van der Waals surface area contributed by atoms with E-state index in [1.807, 2.05) is 6.92 Å². The Morgan fingerprint density at radius 3 is 3.00 bits per heavy atom. The minimum absolute atomic E-state index is 0.0152. The van der Waals surface area contributed by atoms with E-state index < -0.39 is 6.23 Å². The Hall–Kier alpha value is -2.61. The minimum atomic E-state index is -0.844. The fraction of sp³-hybridized carbons (Fsp3) is 0.467. The highest BCUT2D eigenvalue weighted by atomic mass is 16.6. The SMILES string of the molecule is CCNC(=O)c1cccc(OCC(N=[N+]=[N-])OCCOCC=O)c1. The lowest BCUT2D eigenvalue weighted by Gasteiger charge is -2.14. The van der Waals surface area contributed by atoms with E-state index in [0.29, 0.717) is 24.1 Å². The van der Waals surface area contributed by atoms with Crippen LogP contribution in [0.3, 0.4) is 0 Å². The van der Waals surface area contributed by atoms with Crippen LogP contribution in [0.25, 0.3) is 10.4 Å². The van der Waals surface area contributed by atoms with Crippen LogP contribution in [0.5, 0.6) is 5.75 Å². The van der Waals surface area contributed by atoms with E-state index in [1.165, 1.54) is 0 Å². The molecule has 0 aliphatic heterocycles. The highest BCUT2D eigenvalue weighted by molar-refractivity contribution is 5.94. The van der Waals surface area contributed by atoms with Crippen molar-refractivity contribution in [3.63, 3.8) is 0 Å². The van der Waals surface area contributed by atoms with Gasteiger partial charge in [-0.25, -0.2) is 0 Å². The maximum absolute atomic E-state index is 11.8. The van der Waals surface area contributed by atoms with Gasteiger partial charge in [-0.2, -0.15) is 0 Å². The number of ether oxygens (including phenoxy) is 3. The zero-order valence-corrected chi connectivity index (χ0v) is 13.4. The third-order valence-electron chi connectivity index (χ3n) is 2.73. The molecule has 1 unspecified atom stereocenters. The normalized spacial score (nSPS) is 11.2. The number of nitrogens with one attached hydrogen (secondary N) is 1. The topological polar surface area (TPSA) is 123 Å². The average molecular weight is 336 g/mol. The first-order valence-corrected chi connectivity index (χ1v) is 7.39. The van der Waals surface area contributed by atoms with E-state index in [1.54, 1.807) is 24.3 Å². The lowest BCUT2D eigenvalue weighted by Crippen LogP contribution is -2.23. The second-order valence-electron chi connectivity index (χ2n) is 4.47. The molecule has 0 aromatic heterocycles. The van der Waals surface area contributed by atoms with Crippen molar-refractivity contribution in [1.82, 2.24) is 5.32 Å². The fourth-order valence-corrected chi connectivity index (χ4v) is 1.70. The second-order valence-corrected chi connectivity index (χ2v) is 4.47. The number of rotatable bonds is 12. The van der Waals surface area contributed by atoms with Gasteiger partial charge in [0.15, 0.2) is 6.23 Å². The first-order valence-electron chi connectivity index (χ1n) is 7.39. The monoisotopic (exact) mass is 336 g/mol. The smallest absolute Gasteiger partial charge is 0.251 e. The predicted octanol–water partition coefficient (Wildman–Crippen LogP) is 1.68. The average Bonchev–Trinajstić information content (AvgIpc) is 2.60. The van der Waals surface area contributed by atoms with E-state index in [-0.39, 0.29) is 32.3 Å². The molecule has 0 bridgehead atoms. The lowest BCUT2D eigenvalue weighted by atomic mass is 10.2. The van der Waals surface area contributed by atoms with Gasteiger partial charge >= 0.3 is 0 Å². The van der Waals surface area contributed by atoms with Gasteiger partial charge in [-0.3, -0.25) is 4.79 Å². The standard InChI is InChI=1S/C15H20N4O5/c1-2-17-15(21)12-4-3-5-13(10-12)24-11-14(18-19-16)23-9-8-22-7-6-20/h3-6,10,14H,2,7-9,11H2,1H3,(H,17,21). The van der Waals surface area contributed by atoms with Gasteiger partial charge in [0.1, 0.15) is 25.2 Å². The van der Waals surface area contributed by atoms with Gasteiger partial charge in [0.2, 0.25) is 0 Å². The van der Waals surface area contributed by atoms with Crippen LogP contribution in [0.2, 0.25) is 0 Å². The molecule has 1 atom stereocenters. The molecule has 1 N–H and O–H groups in total. The number of azide groups is 1. The Kier molecular flexibility index (Phi) is 9.63. The molecule has 0 fully saturated rings. The predicted molar refractivity (Wildman–Crippen MR) is 85.7 cm³/mol. The maximum Gasteiger partial charge on any atom is 0.251 e. The molecule has 0 spiro atoms. The zero-order valence-electron chi connectivity index (χ0n) is 13.4. The number of hydrogen-bond acceptors (Lipinski definition) is 6. The van der Waals surface area contributed by atoms with Gasteiger partial charge in [0, 0.05) is 17.0 Å². The Morgan fingerprint density at radius 1 is 1.46 bits per heavy atom. The third kappa shape index (κ3) is 7.59. The molecule has 130 valence electrons. The maximum atomic E-state index is 11.8. The zero-order chi connectivity index (χ0) is 17.6. The van der Waals surface area contributed by atoms with Crippen LogP contribution in [0, 0.1) is 0 Å². The highest BCUT2D eigenvalue weighted by Crippen LogP contribution is 2.14. The van der Waals surface area contributed by atoms with Gasteiger partial charge in [0.25, 0.3) is 5.91 Å². The van der Waals surface area contributed by atoms with Crippen molar-refractivity contribution in [3.05, 3.63) is 40.3 Å². The highest BCUT2D eigenvalue weighted by Gasteiger charge is 2.10. The minimum Gasteiger partial charge on any atom is -0.491 e. The van der Waals surface area contributed by atoms with E-state index in [4.69, 9.17) is 19.7 Å². The molecule has 0 aliphatic carbocycles. The van der Waals surface area contributed by atoms with Crippen molar-refractivity contribution >= 4 is 12.2 Å². The number of hydrogen-bond donors (Lipinski definition) is 1. The molecule has 0 radical (unpaired) electrons. The van der Waals surface area contributed by atoms with Crippen molar-refractivity contribution in [2.75, 3.05) is 33.0 Å². The van der Waals surface area contributed by atoms with Gasteiger partial charge in [-0.05, 0) is 30.7 Å². The summed E-state index contributed by atoms with van der Waals surface area (Å²) in [5.74, 6) is 0.260. The van der Waals surface area contributed by atoms with Crippen LogP contribution >= 0.6 is 0 Å². The summed E-state index contributed by atoms with van der Waals surface area (Å²) in [6.45, 7) is 2.68.